The predicted octanol–water partition coefficient (Wildman–Crippen LogP) is 8.15. The monoisotopic (exact) mass is 434 g/mol. The minimum absolute atomic E-state index is 0.500. The van der Waals surface area contributed by atoms with Crippen molar-refractivity contribution in [1.29, 1.82) is 0 Å². The zero-order chi connectivity index (χ0) is 22.3. The highest BCUT2D eigenvalue weighted by Gasteiger charge is 2.31. The quantitative estimate of drug-likeness (QED) is 0.186. The van der Waals surface area contributed by atoms with E-state index in [1.807, 2.05) is 11.8 Å². The largest absolute Gasteiger partial charge is 0.222 e. The van der Waals surface area contributed by atoms with Crippen molar-refractivity contribution in [2.24, 2.45) is 7.05 Å². The summed E-state index contributed by atoms with van der Waals surface area (Å²) in [6.07, 6.45) is 2.25. The van der Waals surface area contributed by atoms with Gasteiger partial charge in [-0.05, 0) is 71.0 Å². The first kappa shape index (κ1) is 19.8. The SMILES string of the molecule is Cc1ccc2c(C)c3c(c(C)c2c1)-c1c2c(cc4c(C(C)C)cccc4c2cc[n+]1C)S3. The molecular weight excluding hydrogens is 406 g/mol. The molecular formula is C30H28NS+. The smallest absolute Gasteiger partial charge is 0.200 e. The second-order valence-electron chi connectivity index (χ2n) is 9.64. The molecule has 2 heteroatoms. The van der Waals surface area contributed by atoms with Gasteiger partial charge >= 0.3 is 0 Å². The van der Waals surface area contributed by atoms with E-state index in [1.54, 1.807) is 0 Å². The normalized spacial score (nSPS) is 12.8. The number of pyridine rings is 1. The standard InChI is InChI=1S/C30H28NS/c1-16(2)20-8-7-9-22-23-12-13-31(6)29-27-18(4)24-14-17(3)10-11-21(24)19(5)30(27)32-26(28(23)29)15-25(20)22/h7-16H,1-6H3/q+1. The Morgan fingerprint density at radius 1 is 0.781 bits per heavy atom. The Morgan fingerprint density at radius 3 is 2.38 bits per heavy atom. The summed E-state index contributed by atoms with van der Waals surface area (Å²) >= 11 is 1.97. The molecule has 0 amide bonds. The van der Waals surface area contributed by atoms with E-state index in [4.69, 9.17) is 0 Å². The average molecular weight is 435 g/mol. The molecule has 0 atom stereocenters. The fourth-order valence-electron chi connectivity index (χ4n) is 5.62. The second-order valence-corrected chi connectivity index (χ2v) is 10.7. The van der Waals surface area contributed by atoms with Gasteiger partial charge in [0.05, 0.1) is 10.9 Å². The third kappa shape index (κ3) is 2.56. The third-order valence-corrected chi connectivity index (χ3v) is 8.53. The lowest BCUT2D eigenvalue weighted by atomic mass is 9.89. The van der Waals surface area contributed by atoms with E-state index >= 15 is 0 Å². The molecule has 0 N–H and O–H groups in total. The van der Waals surface area contributed by atoms with Crippen LogP contribution >= 0.6 is 11.8 Å². The minimum atomic E-state index is 0.500. The van der Waals surface area contributed by atoms with E-state index < -0.39 is 0 Å². The molecule has 0 saturated heterocycles. The first-order valence-electron chi connectivity index (χ1n) is 11.5. The summed E-state index contributed by atoms with van der Waals surface area (Å²) in [5.41, 5.74) is 8.30. The highest BCUT2D eigenvalue weighted by molar-refractivity contribution is 8.00. The van der Waals surface area contributed by atoms with Crippen LogP contribution in [0.4, 0.5) is 0 Å². The van der Waals surface area contributed by atoms with E-state index in [0.717, 1.165) is 0 Å². The summed E-state index contributed by atoms with van der Waals surface area (Å²) in [5, 5.41) is 8.29. The maximum Gasteiger partial charge on any atom is 0.222 e. The average Bonchev–Trinajstić information content (AvgIpc) is 2.78. The summed E-state index contributed by atoms with van der Waals surface area (Å²) in [6.45, 7) is 11.4. The Bertz CT molecular complexity index is 1610. The van der Waals surface area contributed by atoms with Gasteiger partial charge in [0, 0.05) is 21.2 Å². The summed E-state index contributed by atoms with van der Waals surface area (Å²) < 4.78 is 2.33. The van der Waals surface area contributed by atoms with Crippen LogP contribution in [0.2, 0.25) is 0 Å². The lowest BCUT2D eigenvalue weighted by Gasteiger charge is -2.24. The summed E-state index contributed by atoms with van der Waals surface area (Å²) in [7, 11) is 2.20. The van der Waals surface area contributed by atoms with E-state index in [2.05, 4.69) is 101 Å². The summed E-state index contributed by atoms with van der Waals surface area (Å²) in [6, 6.07) is 18.5. The fraction of sp³-hybridized carbons (Fsp3) is 0.233. The van der Waals surface area contributed by atoms with Crippen molar-refractivity contribution in [3.05, 3.63) is 77.0 Å². The predicted molar refractivity (Wildman–Crippen MR) is 138 cm³/mol. The molecule has 0 radical (unpaired) electrons. The first-order chi connectivity index (χ1) is 15.4. The lowest BCUT2D eigenvalue weighted by molar-refractivity contribution is -0.659. The number of fused-ring (bicyclic) bond motifs is 5. The molecule has 1 aromatic heterocycles. The molecule has 0 aliphatic carbocycles. The Labute approximate surface area is 194 Å². The van der Waals surface area contributed by atoms with Crippen molar-refractivity contribution in [1.82, 2.24) is 0 Å². The van der Waals surface area contributed by atoms with Gasteiger partial charge in [0.15, 0.2) is 6.20 Å². The molecule has 4 aromatic carbocycles. The van der Waals surface area contributed by atoms with Gasteiger partial charge in [0.25, 0.3) is 0 Å². The van der Waals surface area contributed by atoms with Crippen LogP contribution < -0.4 is 4.57 Å². The van der Waals surface area contributed by atoms with Crippen molar-refractivity contribution < 1.29 is 4.57 Å². The van der Waals surface area contributed by atoms with E-state index in [-0.39, 0.29) is 0 Å². The van der Waals surface area contributed by atoms with Gasteiger partial charge in [-0.25, -0.2) is 4.57 Å². The first-order valence-corrected chi connectivity index (χ1v) is 12.3. The van der Waals surface area contributed by atoms with E-state index in [0.29, 0.717) is 5.92 Å². The highest BCUT2D eigenvalue weighted by Crippen LogP contribution is 2.52. The van der Waals surface area contributed by atoms with Crippen molar-refractivity contribution >= 4 is 44.1 Å². The van der Waals surface area contributed by atoms with Gasteiger partial charge in [-0.3, -0.25) is 0 Å². The maximum absolute atomic E-state index is 2.46. The van der Waals surface area contributed by atoms with E-state index in [9.17, 15) is 0 Å². The number of aryl methyl sites for hydroxylation is 4. The van der Waals surface area contributed by atoms with Crippen molar-refractivity contribution in [2.45, 2.75) is 50.3 Å². The number of hydrogen-bond acceptors (Lipinski definition) is 1. The molecule has 1 aliphatic heterocycles. The van der Waals surface area contributed by atoms with Gasteiger partial charge in [0.2, 0.25) is 5.69 Å². The van der Waals surface area contributed by atoms with Gasteiger partial charge in [-0.15, -0.1) is 0 Å². The van der Waals surface area contributed by atoms with Crippen LogP contribution in [0.15, 0.2) is 64.5 Å². The van der Waals surface area contributed by atoms with Crippen LogP contribution in [-0.2, 0) is 7.05 Å². The van der Waals surface area contributed by atoms with Gasteiger partial charge in [-0.2, -0.15) is 0 Å². The molecule has 1 aliphatic rings. The van der Waals surface area contributed by atoms with Crippen LogP contribution in [-0.4, -0.2) is 0 Å². The molecule has 158 valence electrons. The topological polar surface area (TPSA) is 3.88 Å². The highest BCUT2D eigenvalue weighted by atomic mass is 32.2. The third-order valence-electron chi connectivity index (χ3n) is 7.27. The Hall–Kier alpha value is -2.84. The van der Waals surface area contributed by atoms with Gasteiger partial charge in [0.1, 0.15) is 7.05 Å². The van der Waals surface area contributed by atoms with Crippen LogP contribution in [0.3, 0.4) is 0 Å². The van der Waals surface area contributed by atoms with Crippen LogP contribution in [0.5, 0.6) is 0 Å². The van der Waals surface area contributed by atoms with Crippen molar-refractivity contribution in [3.63, 3.8) is 0 Å². The number of nitrogens with zero attached hydrogens (tertiary/aromatic N) is 1. The van der Waals surface area contributed by atoms with E-state index in [1.165, 1.54) is 75.6 Å². The van der Waals surface area contributed by atoms with Crippen LogP contribution in [0, 0.1) is 20.8 Å². The number of rotatable bonds is 1. The second kappa shape index (κ2) is 6.83. The lowest BCUT2D eigenvalue weighted by Crippen LogP contribution is -2.32. The van der Waals surface area contributed by atoms with Crippen LogP contribution in [0.1, 0.15) is 42.0 Å². The molecule has 1 nitrogen and oxygen atoms in total. The molecule has 0 spiro atoms. The molecule has 2 heterocycles. The molecule has 0 fully saturated rings. The molecule has 0 bridgehead atoms. The summed E-state index contributed by atoms with van der Waals surface area (Å²) in [4.78, 5) is 2.80. The Balaban J connectivity index is 1.83. The Kier molecular flexibility index (Phi) is 4.23. The number of hydrogen-bond donors (Lipinski definition) is 0. The molecule has 32 heavy (non-hydrogen) atoms. The molecule has 0 saturated carbocycles. The fourth-order valence-corrected chi connectivity index (χ4v) is 6.94. The van der Waals surface area contributed by atoms with Crippen LogP contribution in [0.25, 0.3) is 43.6 Å². The molecule has 6 rings (SSSR count). The minimum Gasteiger partial charge on any atom is -0.200 e. The van der Waals surface area contributed by atoms with Gasteiger partial charge in [-0.1, -0.05) is 67.6 Å². The number of benzene rings is 4. The van der Waals surface area contributed by atoms with Crippen molar-refractivity contribution in [2.75, 3.05) is 0 Å². The Morgan fingerprint density at radius 2 is 1.59 bits per heavy atom. The number of aromatic nitrogens is 1. The summed E-state index contributed by atoms with van der Waals surface area (Å²) in [5.74, 6) is 0.500. The zero-order valence-corrected chi connectivity index (χ0v) is 20.4. The zero-order valence-electron chi connectivity index (χ0n) is 19.6. The van der Waals surface area contributed by atoms with Gasteiger partial charge < -0.3 is 0 Å². The molecule has 0 unspecified atom stereocenters. The maximum atomic E-state index is 2.46. The van der Waals surface area contributed by atoms with Crippen molar-refractivity contribution in [3.8, 4) is 11.3 Å². The molecule has 5 aromatic rings.